The van der Waals surface area contributed by atoms with Gasteiger partial charge in [-0.15, -0.1) is 0 Å². The van der Waals surface area contributed by atoms with Gasteiger partial charge in [-0.05, 0) is 23.8 Å². The predicted molar refractivity (Wildman–Crippen MR) is 64.7 cm³/mol. The molecule has 1 N–H and O–H groups in total. The van der Waals surface area contributed by atoms with Crippen molar-refractivity contribution in [1.82, 2.24) is 0 Å². The molecule has 0 saturated heterocycles. The van der Waals surface area contributed by atoms with Crippen LogP contribution >= 0.6 is 11.6 Å². The maximum Gasteiger partial charge on any atom is 0.175 e. The van der Waals surface area contributed by atoms with Crippen LogP contribution in [-0.4, -0.2) is 26.4 Å². The molecule has 1 aromatic carbocycles. The van der Waals surface area contributed by atoms with Crippen molar-refractivity contribution < 1.29 is 13.5 Å². The van der Waals surface area contributed by atoms with Crippen LogP contribution in [0.4, 0.5) is 0 Å². The van der Waals surface area contributed by atoms with Gasteiger partial charge < -0.3 is 5.11 Å². The Morgan fingerprint density at radius 3 is 2.38 bits per heavy atom. The van der Waals surface area contributed by atoms with Gasteiger partial charge in [0.2, 0.25) is 0 Å². The summed E-state index contributed by atoms with van der Waals surface area (Å²) < 4.78 is 22.8. The average molecular weight is 263 g/mol. The molecule has 0 saturated carbocycles. The van der Waals surface area contributed by atoms with Gasteiger partial charge in [0.25, 0.3) is 0 Å². The Balaban J connectivity index is 3.42. The van der Waals surface area contributed by atoms with Crippen LogP contribution in [0.25, 0.3) is 0 Å². The molecule has 0 spiro atoms. The third-order valence-electron chi connectivity index (χ3n) is 2.49. The number of hydrogen-bond donors (Lipinski definition) is 1. The third-order valence-corrected chi connectivity index (χ3v) is 3.93. The number of halogens is 1. The van der Waals surface area contributed by atoms with Gasteiger partial charge in [0.15, 0.2) is 9.84 Å². The highest BCUT2D eigenvalue weighted by atomic mass is 35.5. The molecule has 0 unspecified atom stereocenters. The summed E-state index contributed by atoms with van der Waals surface area (Å²) in [4.78, 5) is 0.216. The van der Waals surface area contributed by atoms with E-state index in [1.54, 1.807) is 19.9 Å². The van der Waals surface area contributed by atoms with Gasteiger partial charge in [0.05, 0.1) is 11.5 Å². The Morgan fingerprint density at radius 1 is 1.38 bits per heavy atom. The van der Waals surface area contributed by atoms with Gasteiger partial charge >= 0.3 is 0 Å². The molecule has 90 valence electrons. The van der Waals surface area contributed by atoms with Crippen LogP contribution in [0.1, 0.15) is 19.4 Å². The van der Waals surface area contributed by atoms with Crippen LogP contribution in [0.2, 0.25) is 5.02 Å². The molecular weight excluding hydrogens is 248 g/mol. The topological polar surface area (TPSA) is 54.4 Å². The second-order valence-corrected chi connectivity index (χ2v) is 6.88. The van der Waals surface area contributed by atoms with E-state index in [1.807, 2.05) is 0 Å². The van der Waals surface area contributed by atoms with E-state index in [0.717, 1.165) is 6.26 Å². The predicted octanol–water partition coefficient (Wildman–Crippen LogP) is 2.01. The van der Waals surface area contributed by atoms with Gasteiger partial charge in [-0.3, -0.25) is 0 Å². The standard InChI is InChI=1S/C11H15ClO3S/c1-11(2,7-13)9-6-8(16(3,14)15)4-5-10(9)12/h4-6,13H,7H2,1-3H3. The number of aliphatic hydroxyl groups is 1. The maximum atomic E-state index is 11.4. The zero-order valence-corrected chi connectivity index (χ0v) is 11.1. The Hall–Kier alpha value is -0.580. The Morgan fingerprint density at radius 2 is 1.94 bits per heavy atom. The fourth-order valence-electron chi connectivity index (χ4n) is 1.34. The molecule has 0 aliphatic carbocycles. The normalized spacial score (nSPS) is 12.8. The van der Waals surface area contributed by atoms with E-state index < -0.39 is 15.3 Å². The van der Waals surface area contributed by atoms with Crippen LogP contribution in [0.5, 0.6) is 0 Å². The molecule has 0 aromatic heterocycles. The number of hydrogen-bond acceptors (Lipinski definition) is 3. The molecule has 1 aromatic rings. The van der Waals surface area contributed by atoms with Crippen molar-refractivity contribution in [2.45, 2.75) is 24.2 Å². The molecule has 16 heavy (non-hydrogen) atoms. The summed E-state index contributed by atoms with van der Waals surface area (Å²) >= 11 is 6.00. The molecule has 0 aliphatic rings. The summed E-state index contributed by atoms with van der Waals surface area (Å²) in [6.07, 6.45) is 1.14. The molecule has 3 nitrogen and oxygen atoms in total. The average Bonchev–Trinajstić information content (AvgIpc) is 2.16. The summed E-state index contributed by atoms with van der Waals surface area (Å²) in [7, 11) is -3.25. The van der Waals surface area contributed by atoms with E-state index in [0.29, 0.717) is 10.6 Å². The van der Waals surface area contributed by atoms with E-state index in [1.165, 1.54) is 12.1 Å². The molecule has 0 bridgehead atoms. The van der Waals surface area contributed by atoms with E-state index in [-0.39, 0.29) is 11.5 Å². The molecular formula is C11H15ClO3S. The summed E-state index contributed by atoms with van der Waals surface area (Å²) in [5, 5.41) is 9.72. The largest absolute Gasteiger partial charge is 0.395 e. The molecule has 0 radical (unpaired) electrons. The van der Waals surface area contributed by atoms with E-state index >= 15 is 0 Å². The molecule has 0 atom stereocenters. The van der Waals surface area contributed by atoms with Gasteiger partial charge in [-0.1, -0.05) is 25.4 Å². The molecule has 1 rings (SSSR count). The van der Waals surface area contributed by atoms with Crippen molar-refractivity contribution in [1.29, 1.82) is 0 Å². The maximum absolute atomic E-state index is 11.4. The highest BCUT2D eigenvalue weighted by Gasteiger charge is 2.24. The van der Waals surface area contributed by atoms with Crippen molar-refractivity contribution in [3.8, 4) is 0 Å². The summed E-state index contributed by atoms with van der Waals surface area (Å²) in [6.45, 7) is 3.51. The summed E-state index contributed by atoms with van der Waals surface area (Å²) in [5.41, 5.74) is 0.0808. The number of rotatable bonds is 3. The fraction of sp³-hybridized carbons (Fsp3) is 0.455. The molecule has 0 aliphatic heterocycles. The smallest absolute Gasteiger partial charge is 0.175 e. The van der Waals surface area contributed by atoms with Crippen LogP contribution in [0.15, 0.2) is 23.1 Å². The second kappa shape index (κ2) is 4.35. The SMILES string of the molecule is CC(C)(CO)c1cc(S(C)(=O)=O)ccc1Cl. The first-order valence-corrected chi connectivity index (χ1v) is 7.06. The van der Waals surface area contributed by atoms with Gasteiger partial charge in [0.1, 0.15) is 0 Å². The quantitative estimate of drug-likeness (QED) is 0.907. The highest BCUT2D eigenvalue weighted by molar-refractivity contribution is 7.90. The molecule has 0 heterocycles. The van der Waals surface area contributed by atoms with Crippen molar-refractivity contribution in [3.05, 3.63) is 28.8 Å². The van der Waals surface area contributed by atoms with E-state index in [9.17, 15) is 13.5 Å². The highest BCUT2D eigenvalue weighted by Crippen LogP contribution is 2.31. The van der Waals surface area contributed by atoms with Gasteiger partial charge in [-0.2, -0.15) is 0 Å². The Kier molecular flexibility index (Phi) is 3.67. The lowest BCUT2D eigenvalue weighted by Gasteiger charge is -2.24. The third kappa shape index (κ3) is 2.75. The van der Waals surface area contributed by atoms with Crippen molar-refractivity contribution in [2.24, 2.45) is 0 Å². The van der Waals surface area contributed by atoms with Crippen LogP contribution < -0.4 is 0 Å². The van der Waals surface area contributed by atoms with Crippen molar-refractivity contribution >= 4 is 21.4 Å². The minimum absolute atomic E-state index is 0.0973. The molecule has 0 amide bonds. The van der Waals surface area contributed by atoms with E-state index in [4.69, 9.17) is 11.6 Å². The monoisotopic (exact) mass is 262 g/mol. The summed E-state index contributed by atoms with van der Waals surface area (Å²) in [6, 6.07) is 4.53. The first-order valence-electron chi connectivity index (χ1n) is 4.79. The fourth-order valence-corrected chi connectivity index (χ4v) is 2.36. The minimum atomic E-state index is -3.25. The first kappa shape index (κ1) is 13.5. The number of benzene rings is 1. The van der Waals surface area contributed by atoms with Crippen molar-refractivity contribution in [3.63, 3.8) is 0 Å². The van der Waals surface area contributed by atoms with Crippen molar-refractivity contribution in [2.75, 3.05) is 12.9 Å². The van der Waals surface area contributed by atoms with Gasteiger partial charge in [-0.25, -0.2) is 8.42 Å². The second-order valence-electron chi connectivity index (χ2n) is 4.46. The van der Waals surface area contributed by atoms with Crippen LogP contribution in [-0.2, 0) is 15.3 Å². The first-order chi connectivity index (χ1) is 7.18. The molecule has 5 heteroatoms. The number of aliphatic hydroxyl groups excluding tert-OH is 1. The zero-order valence-electron chi connectivity index (χ0n) is 9.49. The lowest BCUT2D eigenvalue weighted by Crippen LogP contribution is -2.23. The van der Waals surface area contributed by atoms with Gasteiger partial charge in [0, 0.05) is 16.7 Å². The lowest BCUT2D eigenvalue weighted by molar-refractivity contribution is 0.218. The minimum Gasteiger partial charge on any atom is -0.395 e. The van der Waals surface area contributed by atoms with Crippen LogP contribution in [0.3, 0.4) is 0 Å². The van der Waals surface area contributed by atoms with Crippen LogP contribution in [0, 0.1) is 0 Å². The number of sulfone groups is 1. The Labute approximate surface area is 101 Å². The summed E-state index contributed by atoms with van der Waals surface area (Å²) in [5.74, 6) is 0. The van der Waals surface area contributed by atoms with E-state index in [2.05, 4.69) is 0 Å². The lowest BCUT2D eigenvalue weighted by atomic mass is 9.86. The molecule has 0 fully saturated rings. The zero-order chi connectivity index (χ0) is 12.6. The Bertz CT molecular complexity index is 492.